The first-order valence-corrected chi connectivity index (χ1v) is 9.73. The molecule has 1 amide bonds. The Kier molecular flexibility index (Phi) is 5.86. The number of alkyl halides is 3. The molecule has 0 spiro atoms. The summed E-state index contributed by atoms with van der Waals surface area (Å²) in [7, 11) is -4.50. The van der Waals surface area contributed by atoms with Crippen LogP contribution in [0.5, 0.6) is 0 Å². The summed E-state index contributed by atoms with van der Waals surface area (Å²) in [6.07, 6.45) is -3.42. The average molecular weight is 393 g/mol. The minimum Gasteiger partial charge on any atom is -0.369 e. The third kappa shape index (κ3) is 4.88. The Balaban J connectivity index is 2.29. The summed E-state index contributed by atoms with van der Waals surface area (Å²) in [6, 6.07) is 2.81. The largest absolute Gasteiger partial charge is 0.417 e. The van der Waals surface area contributed by atoms with E-state index in [-0.39, 0.29) is 23.6 Å². The smallest absolute Gasteiger partial charge is 0.369 e. The molecule has 1 saturated heterocycles. The van der Waals surface area contributed by atoms with Gasteiger partial charge in [-0.2, -0.15) is 13.2 Å². The molecule has 2 rings (SSSR count). The molecule has 1 aliphatic rings. The Morgan fingerprint density at radius 3 is 2.54 bits per heavy atom. The Morgan fingerprint density at radius 1 is 1.35 bits per heavy atom. The van der Waals surface area contributed by atoms with E-state index in [0.29, 0.717) is 19.5 Å². The lowest BCUT2D eigenvalue weighted by Crippen LogP contribution is -2.48. The number of nitrogens with one attached hydrogen (secondary N) is 1. The highest BCUT2D eigenvalue weighted by atomic mass is 32.2. The standard InChI is InChI=1S/C16H22F3N3O3S/c1-10(2)15(23)21-11-4-3-7-22(9-11)12-5-6-14(26(20,24)25)13(8-12)16(17,18)19/h5-6,8,10-11H,3-4,7,9H2,1-2H3,(H,21,23)(H2,20,24,25). The van der Waals surface area contributed by atoms with E-state index in [2.05, 4.69) is 5.32 Å². The summed E-state index contributed by atoms with van der Waals surface area (Å²) >= 11 is 0. The number of hydrogen-bond acceptors (Lipinski definition) is 4. The summed E-state index contributed by atoms with van der Waals surface area (Å²) in [5.41, 5.74) is -1.04. The molecule has 1 atom stereocenters. The van der Waals surface area contributed by atoms with E-state index < -0.39 is 26.7 Å². The highest BCUT2D eigenvalue weighted by molar-refractivity contribution is 7.89. The second kappa shape index (κ2) is 7.43. The molecule has 1 heterocycles. The summed E-state index contributed by atoms with van der Waals surface area (Å²) < 4.78 is 62.7. The zero-order valence-electron chi connectivity index (χ0n) is 14.5. The van der Waals surface area contributed by atoms with Crippen LogP contribution in [0.1, 0.15) is 32.3 Å². The molecule has 1 aromatic rings. The minimum absolute atomic E-state index is 0.114. The van der Waals surface area contributed by atoms with E-state index in [0.717, 1.165) is 18.6 Å². The van der Waals surface area contributed by atoms with Crippen molar-refractivity contribution in [3.8, 4) is 0 Å². The molecular formula is C16H22F3N3O3S. The molecule has 0 radical (unpaired) electrons. The first kappa shape index (κ1) is 20.5. The molecule has 0 aliphatic carbocycles. The zero-order chi connectivity index (χ0) is 19.7. The number of carbonyl (C=O) groups is 1. The van der Waals surface area contributed by atoms with E-state index in [1.54, 1.807) is 18.7 Å². The molecule has 0 bridgehead atoms. The minimum atomic E-state index is -4.85. The number of halogens is 3. The lowest BCUT2D eigenvalue weighted by atomic mass is 10.0. The number of amides is 1. The molecule has 6 nitrogen and oxygen atoms in total. The predicted octanol–water partition coefficient (Wildman–Crippen LogP) is 2.09. The number of sulfonamides is 1. The van der Waals surface area contributed by atoms with Crippen molar-refractivity contribution in [2.45, 2.75) is 43.8 Å². The van der Waals surface area contributed by atoms with Gasteiger partial charge in [-0.15, -0.1) is 0 Å². The Morgan fingerprint density at radius 2 is 2.00 bits per heavy atom. The molecular weight excluding hydrogens is 371 g/mol. The van der Waals surface area contributed by atoms with Crippen LogP contribution < -0.4 is 15.4 Å². The fourth-order valence-corrected chi connectivity index (χ4v) is 3.62. The Hall–Kier alpha value is -1.81. The van der Waals surface area contributed by atoms with Gasteiger partial charge in [0.1, 0.15) is 0 Å². The lowest BCUT2D eigenvalue weighted by molar-refractivity contribution is -0.139. The Labute approximate surface area is 150 Å². The fraction of sp³-hybridized carbons (Fsp3) is 0.562. The van der Waals surface area contributed by atoms with Crippen LogP contribution in [0.3, 0.4) is 0 Å². The maximum atomic E-state index is 13.3. The van der Waals surface area contributed by atoms with Crippen LogP contribution in [0, 0.1) is 5.92 Å². The molecule has 1 unspecified atom stereocenters. The number of anilines is 1. The van der Waals surface area contributed by atoms with Crippen LogP contribution in [0.15, 0.2) is 23.1 Å². The molecule has 1 fully saturated rings. The van der Waals surface area contributed by atoms with Gasteiger partial charge in [0.25, 0.3) is 0 Å². The molecule has 26 heavy (non-hydrogen) atoms. The van der Waals surface area contributed by atoms with Crippen LogP contribution in [-0.2, 0) is 21.0 Å². The normalized spacial score (nSPS) is 18.9. The summed E-state index contributed by atoms with van der Waals surface area (Å²) in [5, 5.41) is 7.78. The van der Waals surface area contributed by atoms with Crippen molar-refractivity contribution in [3.63, 3.8) is 0 Å². The second-order valence-electron chi connectivity index (χ2n) is 6.67. The first-order chi connectivity index (χ1) is 11.9. The number of piperidine rings is 1. The van der Waals surface area contributed by atoms with E-state index in [1.165, 1.54) is 6.07 Å². The zero-order valence-corrected chi connectivity index (χ0v) is 15.3. The number of nitrogens with two attached hydrogens (primary N) is 1. The predicted molar refractivity (Wildman–Crippen MR) is 91.0 cm³/mol. The van der Waals surface area contributed by atoms with Gasteiger partial charge in [0.05, 0.1) is 10.5 Å². The van der Waals surface area contributed by atoms with E-state index in [1.807, 2.05) is 0 Å². The SMILES string of the molecule is CC(C)C(=O)NC1CCCN(c2ccc(S(N)(=O)=O)c(C(F)(F)F)c2)C1. The number of rotatable bonds is 4. The Bertz CT molecular complexity index is 779. The maximum absolute atomic E-state index is 13.3. The highest BCUT2D eigenvalue weighted by Gasteiger charge is 2.37. The van der Waals surface area contributed by atoms with Gasteiger partial charge in [-0.1, -0.05) is 13.8 Å². The summed E-state index contributed by atoms with van der Waals surface area (Å²) in [6.45, 7) is 4.39. The van der Waals surface area contributed by atoms with Crippen LogP contribution in [0.25, 0.3) is 0 Å². The highest BCUT2D eigenvalue weighted by Crippen LogP contribution is 2.36. The van der Waals surface area contributed by atoms with E-state index >= 15 is 0 Å². The topological polar surface area (TPSA) is 92.5 Å². The van der Waals surface area contributed by atoms with Crippen molar-refractivity contribution < 1.29 is 26.4 Å². The molecule has 1 aromatic carbocycles. The monoisotopic (exact) mass is 393 g/mol. The van der Waals surface area contributed by atoms with Crippen molar-refractivity contribution in [2.75, 3.05) is 18.0 Å². The van der Waals surface area contributed by atoms with Gasteiger partial charge in [-0.05, 0) is 31.0 Å². The number of hydrogen-bond donors (Lipinski definition) is 2. The van der Waals surface area contributed by atoms with Crippen molar-refractivity contribution in [1.82, 2.24) is 5.32 Å². The van der Waals surface area contributed by atoms with Gasteiger partial charge in [0.2, 0.25) is 15.9 Å². The second-order valence-corrected chi connectivity index (χ2v) is 8.20. The van der Waals surface area contributed by atoms with Gasteiger partial charge in [-0.3, -0.25) is 4.79 Å². The first-order valence-electron chi connectivity index (χ1n) is 8.19. The van der Waals surface area contributed by atoms with Crippen LogP contribution in [0.4, 0.5) is 18.9 Å². The molecule has 146 valence electrons. The third-order valence-corrected chi connectivity index (χ3v) is 5.20. The van der Waals surface area contributed by atoms with Gasteiger partial charge in [-0.25, -0.2) is 13.6 Å². The number of carbonyl (C=O) groups excluding carboxylic acids is 1. The van der Waals surface area contributed by atoms with Gasteiger partial charge < -0.3 is 10.2 Å². The molecule has 0 aromatic heterocycles. The molecule has 3 N–H and O–H groups in total. The van der Waals surface area contributed by atoms with E-state index in [4.69, 9.17) is 5.14 Å². The van der Waals surface area contributed by atoms with Crippen molar-refractivity contribution in [1.29, 1.82) is 0 Å². The molecule has 10 heteroatoms. The van der Waals surface area contributed by atoms with Gasteiger partial charge >= 0.3 is 6.18 Å². The van der Waals surface area contributed by atoms with Gasteiger partial charge in [0.15, 0.2) is 0 Å². The lowest BCUT2D eigenvalue weighted by Gasteiger charge is -2.35. The molecule has 1 aliphatic heterocycles. The average Bonchev–Trinajstić information content (AvgIpc) is 2.52. The van der Waals surface area contributed by atoms with Crippen molar-refractivity contribution in [2.24, 2.45) is 11.1 Å². The number of benzene rings is 1. The summed E-state index contributed by atoms with van der Waals surface area (Å²) in [4.78, 5) is 12.6. The molecule has 0 saturated carbocycles. The van der Waals surface area contributed by atoms with Crippen molar-refractivity contribution >= 4 is 21.6 Å². The van der Waals surface area contributed by atoms with Crippen molar-refractivity contribution in [3.05, 3.63) is 23.8 Å². The van der Waals surface area contributed by atoms with Gasteiger partial charge in [0, 0.05) is 30.7 Å². The maximum Gasteiger partial charge on any atom is 0.417 e. The van der Waals surface area contributed by atoms with Crippen LogP contribution in [0.2, 0.25) is 0 Å². The third-order valence-electron chi connectivity index (χ3n) is 4.23. The van der Waals surface area contributed by atoms with Crippen LogP contribution >= 0.6 is 0 Å². The van der Waals surface area contributed by atoms with Crippen LogP contribution in [-0.4, -0.2) is 33.5 Å². The number of primary sulfonamides is 1. The quantitative estimate of drug-likeness (QED) is 0.819. The number of nitrogens with zero attached hydrogens (tertiary/aromatic N) is 1. The fourth-order valence-electron chi connectivity index (χ4n) is 2.88. The van der Waals surface area contributed by atoms with E-state index in [9.17, 15) is 26.4 Å². The summed E-state index contributed by atoms with van der Waals surface area (Å²) in [5.74, 6) is -0.298.